The summed E-state index contributed by atoms with van der Waals surface area (Å²) in [5.74, 6) is -1.47. The molecule has 0 spiro atoms. The van der Waals surface area contributed by atoms with Gasteiger partial charge in [-0.05, 0) is 38.1 Å². The Balaban J connectivity index is 1.98. The van der Waals surface area contributed by atoms with Crippen molar-refractivity contribution in [3.05, 3.63) is 22.4 Å². The van der Waals surface area contributed by atoms with Gasteiger partial charge >= 0.3 is 5.97 Å². The van der Waals surface area contributed by atoms with E-state index in [0.29, 0.717) is 13.1 Å². The molecule has 1 aromatic heterocycles. The second-order valence-electron chi connectivity index (χ2n) is 6.86. The standard InChI is InChI=1S/C18H26N2O4S/c1-12(2)19-18(24)13-5-3-7-20(11-13)16(21)9-14(10-17(22)23)15-6-4-8-25-15/h4,6,8,12-14H,3,5,7,9-11H2,1-2H3,(H,19,24)(H,22,23). The minimum atomic E-state index is -0.904. The molecule has 0 aliphatic carbocycles. The maximum absolute atomic E-state index is 12.7. The molecule has 7 heteroatoms. The maximum atomic E-state index is 12.7. The highest BCUT2D eigenvalue weighted by molar-refractivity contribution is 7.10. The lowest BCUT2D eigenvalue weighted by Gasteiger charge is -2.33. The SMILES string of the molecule is CC(C)NC(=O)C1CCCN(C(=O)CC(CC(=O)O)c2cccs2)C1. The molecule has 25 heavy (non-hydrogen) atoms. The zero-order chi connectivity index (χ0) is 18.4. The van der Waals surface area contributed by atoms with E-state index in [-0.39, 0.29) is 42.5 Å². The van der Waals surface area contributed by atoms with Crippen molar-refractivity contribution in [3.8, 4) is 0 Å². The maximum Gasteiger partial charge on any atom is 0.304 e. The average molecular weight is 366 g/mol. The molecule has 1 saturated heterocycles. The van der Waals surface area contributed by atoms with E-state index in [9.17, 15) is 14.4 Å². The molecule has 1 aromatic rings. The fraction of sp³-hybridized carbons (Fsp3) is 0.611. The zero-order valence-corrected chi connectivity index (χ0v) is 15.6. The number of nitrogens with one attached hydrogen (secondary N) is 1. The number of nitrogens with zero attached hydrogens (tertiary/aromatic N) is 1. The number of hydrogen-bond acceptors (Lipinski definition) is 4. The number of hydrogen-bond donors (Lipinski definition) is 2. The molecule has 2 amide bonds. The van der Waals surface area contributed by atoms with Gasteiger partial charge in [-0.2, -0.15) is 0 Å². The summed E-state index contributed by atoms with van der Waals surface area (Å²) < 4.78 is 0. The number of carboxylic acids is 1. The molecule has 0 aromatic carbocycles. The van der Waals surface area contributed by atoms with Crippen LogP contribution in [0, 0.1) is 5.92 Å². The van der Waals surface area contributed by atoms with Crippen LogP contribution in [0.3, 0.4) is 0 Å². The Morgan fingerprint density at radius 3 is 2.72 bits per heavy atom. The number of rotatable bonds is 7. The normalized spacial score (nSPS) is 18.8. The van der Waals surface area contributed by atoms with Gasteiger partial charge in [-0.15, -0.1) is 11.3 Å². The summed E-state index contributed by atoms with van der Waals surface area (Å²) in [6, 6.07) is 3.82. The summed E-state index contributed by atoms with van der Waals surface area (Å²) in [7, 11) is 0. The Labute approximate surface area is 152 Å². The minimum absolute atomic E-state index is 0.00663. The zero-order valence-electron chi connectivity index (χ0n) is 14.7. The first-order chi connectivity index (χ1) is 11.9. The van der Waals surface area contributed by atoms with E-state index < -0.39 is 5.97 Å². The number of aliphatic carboxylic acids is 1. The molecule has 6 nitrogen and oxygen atoms in total. The first kappa shape index (κ1) is 19.4. The second kappa shape index (κ2) is 8.99. The predicted octanol–water partition coefficient (Wildman–Crippen LogP) is 2.46. The molecule has 0 saturated carbocycles. The summed E-state index contributed by atoms with van der Waals surface area (Å²) in [4.78, 5) is 38.7. The Morgan fingerprint density at radius 1 is 1.36 bits per heavy atom. The van der Waals surface area contributed by atoms with E-state index in [1.807, 2.05) is 31.4 Å². The quantitative estimate of drug-likeness (QED) is 0.776. The lowest BCUT2D eigenvalue weighted by Crippen LogP contribution is -2.46. The first-order valence-electron chi connectivity index (χ1n) is 8.70. The lowest BCUT2D eigenvalue weighted by molar-refractivity contribution is -0.138. The number of carboxylic acid groups (broad SMARTS) is 1. The monoisotopic (exact) mass is 366 g/mol. The molecule has 0 radical (unpaired) electrons. The fourth-order valence-corrected chi connectivity index (χ4v) is 4.00. The van der Waals surface area contributed by atoms with Crippen molar-refractivity contribution in [2.45, 2.75) is 51.5 Å². The van der Waals surface area contributed by atoms with Gasteiger partial charge in [-0.25, -0.2) is 0 Å². The van der Waals surface area contributed by atoms with Gasteiger partial charge in [0.15, 0.2) is 0 Å². The van der Waals surface area contributed by atoms with E-state index in [1.54, 1.807) is 4.90 Å². The number of carbonyl (C=O) groups is 3. The van der Waals surface area contributed by atoms with Crippen LogP contribution in [0.2, 0.25) is 0 Å². The number of likely N-dealkylation sites (tertiary alicyclic amines) is 1. The van der Waals surface area contributed by atoms with Gasteiger partial charge in [0, 0.05) is 36.3 Å². The first-order valence-corrected chi connectivity index (χ1v) is 9.58. The second-order valence-corrected chi connectivity index (χ2v) is 7.84. The molecule has 1 aliphatic heterocycles. The third kappa shape index (κ3) is 5.85. The van der Waals surface area contributed by atoms with E-state index in [2.05, 4.69) is 5.32 Å². The molecule has 1 fully saturated rings. The van der Waals surface area contributed by atoms with E-state index >= 15 is 0 Å². The molecule has 2 rings (SSSR count). The van der Waals surface area contributed by atoms with Gasteiger partial charge in [-0.1, -0.05) is 6.07 Å². The molecule has 2 heterocycles. The van der Waals surface area contributed by atoms with Crippen LogP contribution in [0.5, 0.6) is 0 Å². The fourth-order valence-electron chi connectivity index (χ4n) is 3.17. The summed E-state index contributed by atoms with van der Waals surface area (Å²) in [5, 5.41) is 13.9. The Bertz CT molecular complexity index is 600. The van der Waals surface area contributed by atoms with Crippen molar-refractivity contribution in [2.75, 3.05) is 13.1 Å². The molecule has 2 atom stereocenters. The van der Waals surface area contributed by atoms with Crippen molar-refractivity contribution in [2.24, 2.45) is 5.92 Å². The van der Waals surface area contributed by atoms with Gasteiger partial charge in [0.05, 0.1) is 12.3 Å². The number of amides is 2. The van der Waals surface area contributed by atoms with Crippen LogP contribution in [-0.2, 0) is 14.4 Å². The van der Waals surface area contributed by atoms with Crippen LogP contribution >= 0.6 is 11.3 Å². The van der Waals surface area contributed by atoms with Gasteiger partial charge in [0.1, 0.15) is 0 Å². The van der Waals surface area contributed by atoms with Crippen molar-refractivity contribution in [3.63, 3.8) is 0 Å². The minimum Gasteiger partial charge on any atom is -0.481 e. The summed E-state index contributed by atoms with van der Waals surface area (Å²) >= 11 is 1.48. The Hall–Kier alpha value is -1.89. The lowest BCUT2D eigenvalue weighted by atomic mass is 9.94. The number of thiophene rings is 1. The van der Waals surface area contributed by atoms with E-state index in [0.717, 1.165) is 17.7 Å². The van der Waals surface area contributed by atoms with Gasteiger partial charge in [0.2, 0.25) is 11.8 Å². The Kier molecular flexibility index (Phi) is 6.99. The third-order valence-electron chi connectivity index (χ3n) is 4.36. The highest BCUT2D eigenvalue weighted by Gasteiger charge is 2.30. The molecule has 138 valence electrons. The predicted molar refractivity (Wildman–Crippen MR) is 96.5 cm³/mol. The van der Waals surface area contributed by atoms with Crippen LogP contribution in [0.15, 0.2) is 17.5 Å². The summed E-state index contributed by atoms with van der Waals surface area (Å²) in [5.41, 5.74) is 0. The van der Waals surface area contributed by atoms with E-state index in [1.165, 1.54) is 11.3 Å². The van der Waals surface area contributed by atoms with Crippen LogP contribution in [-0.4, -0.2) is 46.9 Å². The molecular formula is C18H26N2O4S. The van der Waals surface area contributed by atoms with Gasteiger partial charge in [-0.3, -0.25) is 14.4 Å². The Morgan fingerprint density at radius 2 is 2.12 bits per heavy atom. The highest BCUT2D eigenvalue weighted by atomic mass is 32.1. The third-order valence-corrected chi connectivity index (χ3v) is 5.40. The molecule has 0 bridgehead atoms. The summed E-state index contributed by atoms with van der Waals surface area (Å²) in [6.45, 7) is 4.89. The van der Waals surface area contributed by atoms with Crippen molar-refractivity contribution in [1.29, 1.82) is 0 Å². The van der Waals surface area contributed by atoms with Crippen molar-refractivity contribution >= 4 is 29.1 Å². The average Bonchev–Trinajstić information content (AvgIpc) is 3.07. The topological polar surface area (TPSA) is 86.7 Å². The van der Waals surface area contributed by atoms with Crippen LogP contribution in [0.4, 0.5) is 0 Å². The number of carbonyl (C=O) groups excluding carboxylic acids is 2. The summed E-state index contributed by atoms with van der Waals surface area (Å²) in [6.07, 6.45) is 1.69. The highest BCUT2D eigenvalue weighted by Crippen LogP contribution is 2.29. The van der Waals surface area contributed by atoms with Crippen molar-refractivity contribution < 1.29 is 19.5 Å². The smallest absolute Gasteiger partial charge is 0.304 e. The van der Waals surface area contributed by atoms with Crippen LogP contribution in [0.25, 0.3) is 0 Å². The molecule has 1 aliphatic rings. The largest absolute Gasteiger partial charge is 0.481 e. The molecular weight excluding hydrogens is 340 g/mol. The van der Waals surface area contributed by atoms with Crippen LogP contribution < -0.4 is 5.32 Å². The van der Waals surface area contributed by atoms with Crippen molar-refractivity contribution in [1.82, 2.24) is 10.2 Å². The van der Waals surface area contributed by atoms with Crippen LogP contribution in [0.1, 0.15) is 50.3 Å². The molecule has 2 N–H and O–H groups in total. The number of piperidine rings is 1. The van der Waals surface area contributed by atoms with Gasteiger partial charge < -0.3 is 15.3 Å². The van der Waals surface area contributed by atoms with Gasteiger partial charge in [0.25, 0.3) is 0 Å². The van der Waals surface area contributed by atoms with E-state index in [4.69, 9.17) is 5.11 Å². The molecule has 2 unspecified atom stereocenters.